The smallest absolute Gasteiger partial charge is 0.240 e. The van der Waals surface area contributed by atoms with Crippen molar-refractivity contribution >= 4 is 15.9 Å². The Bertz CT molecular complexity index is 589. The van der Waals surface area contributed by atoms with Crippen molar-refractivity contribution in [2.24, 2.45) is 5.73 Å². The van der Waals surface area contributed by atoms with Crippen molar-refractivity contribution in [2.75, 3.05) is 7.11 Å². The van der Waals surface area contributed by atoms with Gasteiger partial charge in [-0.2, -0.15) is 4.98 Å². The molecule has 0 spiro atoms. The summed E-state index contributed by atoms with van der Waals surface area (Å²) in [4.78, 5) is 3.89. The van der Waals surface area contributed by atoms with E-state index < -0.39 is 11.6 Å². The molecule has 0 amide bonds. The van der Waals surface area contributed by atoms with Crippen molar-refractivity contribution < 1.29 is 18.0 Å². The van der Waals surface area contributed by atoms with Crippen LogP contribution in [0.4, 0.5) is 8.78 Å². The Hall–Kier alpha value is -1.54. The first-order chi connectivity index (χ1) is 8.58. The van der Waals surface area contributed by atoms with Crippen LogP contribution < -0.4 is 10.5 Å². The lowest BCUT2D eigenvalue weighted by atomic mass is 10.1. The predicted octanol–water partition coefficient (Wildman–Crippen LogP) is 2.24. The molecule has 2 N–H and O–H groups in total. The number of nitrogens with zero attached hydrogens (tertiary/aromatic N) is 2. The third kappa shape index (κ3) is 2.08. The van der Waals surface area contributed by atoms with E-state index in [1.165, 1.54) is 7.11 Å². The van der Waals surface area contributed by atoms with Crippen LogP contribution in [0.25, 0.3) is 11.4 Å². The Balaban J connectivity index is 2.63. The van der Waals surface area contributed by atoms with Gasteiger partial charge >= 0.3 is 0 Å². The van der Waals surface area contributed by atoms with Gasteiger partial charge in [-0.1, -0.05) is 5.16 Å². The first-order valence-electron chi connectivity index (χ1n) is 4.83. The van der Waals surface area contributed by atoms with Crippen LogP contribution in [-0.2, 0) is 6.54 Å². The second kappa shape index (κ2) is 4.99. The number of hydrogen-bond acceptors (Lipinski definition) is 5. The standard InChI is InChI=1S/C10H8BrF2N3O2/c1-17-9-4(2-5(12)7(11)8(9)13)10-15-6(3-14)18-16-10/h2H,3,14H2,1H3. The van der Waals surface area contributed by atoms with Crippen LogP contribution in [0, 0.1) is 11.6 Å². The maximum Gasteiger partial charge on any atom is 0.240 e. The maximum absolute atomic E-state index is 13.8. The highest BCUT2D eigenvalue weighted by molar-refractivity contribution is 9.10. The quantitative estimate of drug-likeness (QED) is 0.878. The molecular formula is C10H8BrF2N3O2. The molecule has 2 rings (SSSR count). The zero-order valence-corrected chi connectivity index (χ0v) is 10.8. The molecule has 0 aliphatic heterocycles. The average molecular weight is 320 g/mol. The van der Waals surface area contributed by atoms with Crippen molar-refractivity contribution in [3.8, 4) is 17.1 Å². The van der Waals surface area contributed by atoms with Crippen LogP contribution in [0.15, 0.2) is 15.1 Å². The van der Waals surface area contributed by atoms with Crippen LogP contribution in [0.5, 0.6) is 5.75 Å². The lowest BCUT2D eigenvalue weighted by molar-refractivity contribution is 0.376. The SMILES string of the molecule is COc1c(-c2noc(CN)n2)cc(F)c(Br)c1F. The number of ether oxygens (including phenoxy) is 1. The van der Waals surface area contributed by atoms with E-state index in [0.717, 1.165) is 6.07 Å². The molecule has 0 saturated heterocycles. The van der Waals surface area contributed by atoms with E-state index in [4.69, 9.17) is 15.0 Å². The Morgan fingerprint density at radius 1 is 1.50 bits per heavy atom. The van der Waals surface area contributed by atoms with E-state index in [0.29, 0.717) is 0 Å². The van der Waals surface area contributed by atoms with Gasteiger partial charge in [0.1, 0.15) is 5.82 Å². The van der Waals surface area contributed by atoms with E-state index in [2.05, 4.69) is 26.1 Å². The normalized spacial score (nSPS) is 10.7. The maximum atomic E-state index is 13.8. The van der Waals surface area contributed by atoms with Gasteiger partial charge in [0.05, 0.1) is 23.7 Å². The Kier molecular flexibility index (Phi) is 3.58. The molecule has 0 unspecified atom stereocenters. The molecule has 1 aromatic heterocycles. The monoisotopic (exact) mass is 319 g/mol. The molecule has 0 radical (unpaired) electrons. The number of aromatic nitrogens is 2. The summed E-state index contributed by atoms with van der Waals surface area (Å²) in [6.45, 7) is 0.0385. The minimum Gasteiger partial charge on any atom is -0.493 e. The average Bonchev–Trinajstić information content (AvgIpc) is 2.84. The largest absolute Gasteiger partial charge is 0.493 e. The Labute approximate surface area is 109 Å². The third-order valence-electron chi connectivity index (χ3n) is 2.21. The number of hydrogen-bond donors (Lipinski definition) is 1. The van der Waals surface area contributed by atoms with Gasteiger partial charge in [0, 0.05) is 0 Å². The summed E-state index contributed by atoms with van der Waals surface area (Å²) in [6.07, 6.45) is 0. The summed E-state index contributed by atoms with van der Waals surface area (Å²) in [5.41, 5.74) is 5.37. The molecule has 1 aromatic carbocycles. The first-order valence-corrected chi connectivity index (χ1v) is 5.62. The van der Waals surface area contributed by atoms with Gasteiger partial charge in [-0.25, -0.2) is 8.78 Å². The zero-order chi connectivity index (χ0) is 13.3. The van der Waals surface area contributed by atoms with Gasteiger partial charge in [0.2, 0.25) is 11.7 Å². The van der Waals surface area contributed by atoms with Gasteiger partial charge in [0.15, 0.2) is 11.6 Å². The fraction of sp³-hybridized carbons (Fsp3) is 0.200. The topological polar surface area (TPSA) is 74.2 Å². The fourth-order valence-electron chi connectivity index (χ4n) is 1.39. The molecule has 96 valence electrons. The second-order valence-electron chi connectivity index (χ2n) is 3.28. The number of benzene rings is 1. The summed E-state index contributed by atoms with van der Waals surface area (Å²) in [5.74, 6) is -1.66. The van der Waals surface area contributed by atoms with Crippen molar-refractivity contribution in [3.05, 3.63) is 28.1 Å². The minimum absolute atomic E-state index is 0.0117. The summed E-state index contributed by atoms with van der Waals surface area (Å²) in [6, 6.07) is 1.05. The van der Waals surface area contributed by atoms with E-state index in [9.17, 15) is 8.78 Å². The number of halogens is 3. The van der Waals surface area contributed by atoms with Gasteiger partial charge in [-0.15, -0.1) is 0 Å². The van der Waals surface area contributed by atoms with Crippen LogP contribution in [0.1, 0.15) is 5.89 Å². The van der Waals surface area contributed by atoms with Gasteiger partial charge in [-0.05, 0) is 22.0 Å². The highest BCUT2D eigenvalue weighted by Crippen LogP contribution is 2.36. The third-order valence-corrected chi connectivity index (χ3v) is 2.93. The van der Waals surface area contributed by atoms with Crippen LogP contribution in [0.2, 0.25) is 0 Å². The molecule has 0 saturated carbocycles. The molecular weight excluding hydrogens is 312 g/mol. The van der Waals surface area contributed by atoms with Gasteiger partial charge in [0.25, 0.3) is 0 Å². The van der Waals surface area contributed by atoms with Crippen LogP contribution in [-0.4, -0.2) is 17.3 Å². The highest BCUT2D eigenvalue weighted by Gasteiger charge is 2.21. The molecule has 0 fully saturated rings. The molecule has 0 aliphatic rings. The molecule has 0 atom stereocenters. The lowest BCUT2D eigenvalue weighted by Crippen LogP contribution is -1.98. The van der Waals surface area contributed by atoms with Crippen molar-refractivity contribution in [3.63, 3.8) is 0 Å². The Morgan fingerprint density at radius 2 is 2.22 bits per heavy atom. The molecule has 2 aromatic rings. The molecule has 8 heteroatoms. The van der Waals surface area contributed by atoms with Crippen molar-refractivity contribution in [1.29, 1.82) is 0 Å². The van der Waals surface area contributed by atoms with Crippen LogP contribution in [0.3, 0.4) is 0 Å². The molecule has 0 aliphatic carbocycles. The fourth-order valence-corrected chi connectivity index (χ4v) is 1.69. The number of rotatable bonds is 3. The molecule has 18 heavy (non-hydrogen) atoms. The van der Waals surface area contributed by atoms with E-state index in [1.54, 1.807) is 0 Å². The predicted molar refractivity (Wildman–Crippen MR) is 61.8 cm³/mol. The summed E-state index contributed by atoms with van der Waals surface area (Å²) in [7, 11) is 1.26. The number of methoxy groups -OCH3 is 1. The van der Waals surface area contributed by atoms with Crippen molar-refractivity contribution in [2.45, 2.75) is 6.54 Å². The minimum atomic E-state index is -0.869. The van der Waals surface area contributed by atoms with E-state index >= 15 is 0 Å². The first kappa shape index (κ1) is 12.9. The second-order valence-corrected chi connectivity index (χ2v) is 4.08. The van der Waals surface area contributed by atoms with Crippen LogP contribution >= 0.6 is 15.9 Å². The molecule has 1 heterocycles. The number of nitrogens with two attached hydrogens (primary N) is 1. The molecule has 0 bridgehead atoms. The Morgan fingerprint density at radius 3 is 2.78 bits per heavy atom. The van der Waals surface area contributed by atoms with Gasteiger partial charge < -0.3 is 15.0 Å². The summed E-state index contributed by atoms with van der Waals surface area (Å²) >= 11 is 2.78. The molecule has 5 nitrogen and oxygen atoms in total. The van der Waals surface area contributed by atoms with E-state index in [1.807, 2.05) is 0 Å². The lowest BCUT2D eigenvalue weighted by Gasteiger charge is -2.08. The summed E-state index contributed by atoms with van der Waals surface area (Å²) < 4.78 is 36.6. The zero-order valence-electron chi connectivity index (χ0n) is 9.21. The van der Waals surface area contributed by atoms with E-state index in [-0.39, 0.29) is 34.0 Å². The van der Waals surface area contributed by atoms with Gasteiger partial charge in [-0.3, -0.25) is 0 Å². The van der Waals surface area contributed by atoms with Crippen molar-refractivity contribution in [1.82, 2.24) is 10.1 Å². The summed E-state index contributed by atoms with van der Waals surface area (Å²) in [5, 5.41) is 3.58. The highest BCUT2D eigenvalue weighted by atomic mass is 79.9.